The van der Waals surface area contributed by atoms with Gasteiger partial charge in [0, 0.05) is 12.5 Å². The molecule has 1 fully saturated rings. The molecule has 23 heavy (non-hydrogen) atoms. The first kappa shape index (κ1) is 18.0. The van der Waals surface area contributed by atoms with Crippen LogP contribution in [-0.2, 0) is 4.79 Å². The van der Waals surface area contributed by atoms with Crippen LogP contribution < -0.4 is 5.32 Å². The van der Waals surface area contributed by atoms with Gasteiger partial charge >= 0.3 is 0 Å². The maximum Gasteiger partial charge on any atom is 0.223 e. The zero-order chi connectivity index (χ0) is 16.9. The number of rotatable bonds is 6. The SMILES string of the molecule is CC(O)CC(C)(C)CNC(=O)C1CCC(c2ccccc2)CC1. The van der Waals surface area contributed by atoms with E-state index in [9.17, 15) is 9.90 Å². The summed E-state index contributed by atoms with van der Waals surface area (Å²) >= 11 is 0. The third-order valence-electron chi connectivity index (χ3n) is 4.96. The van der Waals surface area contributed by atoms with Crippen LogP contribution in [0.25, 0.3) is 0 Å². The zero-order valence-electron chi connectivity index (χ0n) is 14.7. The molecule has 1 aliphatic rings. The first-order valence-electron chi connectivity index (χ1n) is 8.88. The van der Waals surface area contributed by atoms with E-state index in [4.69, 9.17) is 0 Å². The van der Waals surface area contributed by atoms with Gasteiger partial charge in [0.25, 0.3) is 0 Å². The number of aliphatic hydroxyl groups excluding tert-OH is 1. The van der Waals surface area contributed by atoms with E-state index in [1.165, 1.54) is 5.56 Å². The number of hydrogen-bond acceptors (Lipinski definition) is 2. The molecular formula is C20H31NO2. The van der Waals surface area contributed by atoms with Crippen molar-refractivity contribution in [1.29, 1.82) is 0 Å². The molecule has 1 aromatic carbocycles. The Hall–Kier alpha value is -1.35. The molecule has 0 saturated heterocycles. The summed E-state index contributed by atoms with van der Waals surface area (Å²) in [5.41, 5.74) is 1.34. The average Bonchev–Trinajstić information content (AvgIpc) is 2.52. The Balaban J connectivity index is 1.78. The second-order valence-electron chi connectivity index (χ2n) is 7.89. The van der Waals surface area contributed by atoms with Crippen LogP contribution in [0.1, 0.15) is 64.4 Å². The molecule has 0 spiro atoms. The van der Waals surface area contributed by atoms with E-state index < -0.39 is 0 Å². The molecule has 0 radical (unpaired) electrons. The highest BCUT2D eigenvalue weighted by molar-refractivity contribution is 5.78. The van der Waals surface area contributed by atoms with Crippen molar-refractivity contribution in [3.05, 3.63) is 35.9 Å². The lowest BCUT2D eigenvalue weighted by Gasteiger charge is -2.30. The summed E-state index contributed by atoms with van der Waals surface area (Å²) in [7, 11) is 0. The molecule has 0 aromatic heterocycles. The largest absolute Gasteiger partial charge is 0.393 e. The van der Waals surface area contributed by atoms with E-state index in [1.54, 1.807) is 6.92 Å². The summed E-state index contributed by atoms with van der Waals surface area (Å²) in [6, 6.07) is 10.6. The normalized spacial score (nSPS) is 23.3. The van der Waals surface area contributed by atoms with Crippen molar-refractivity contribution in [1.82, 2.24) is 5.32 Å². The topological polar surface area (TPSA) is 49.3 Å². The van der Waals surface area contributed by atoms with Crippen molar-refractivity contribution in [3.8, 4) is 0 Å². The molecule has 1 aliphatic carbocycles. The molecule has 3 heteroatoms. The molecule has 1 unspecified atom stereocenters. The van der Waals surface area contributed by atoms with E-state index >= 15 is 0 Å². The van der Waals surface area contributed by atoms with E-state index in [0.29, 0.717) is 18.9 Å². The van der Waals surface area contributed by atoms with Crippen LogP contribution in [0.3, 0.4) is 0 Å². The summed E-state index contributed by atoms with van der Waals surface area (Å²) < 4.78 is 0. The Morgan fingerprint density at radius 2 is 1.83 bits per heavy atom. The van der Waals surface area contributed by atoms with Gasteiger partial charge in [-0.15, -0.1) is 0 Å². The van der Waals surface area contributed by atoms with Crippen molar-refractivity contribution in [2.24, 2.45) is 11.3 Å². The molecule has 0 heterocycles. The van der Waals surface area contributed by atoms with E-state index in [2.05, 4.69) is 49.5 Å². The van der Waals surface area contributed by atoms with E-state index in [-0.39, 0.29) is 23.3 Å². The smallest absolute Gasteiger partial charge is 0.223 e. The van der Waals surface area contributed by atoms with Crippen LogP contribution in [0, 0.1) is 11.3 Å². The lowest BCUT2D eigenvalue weighted by Crippen LogP contribution is -2.39. The van der Waals surface area contributed by atoms with Gasteiger partial charge in [-0.2, -0.15) is 0 Å². The van der Waals surface area contributed by atoms with Gasteiger partial charge in [-0.1, -0.05) is 44.2 Å². The monoisotopic (exact) mass is 317 g/mol. The van der Waals surface area contributed by atoms with Crippen LogP contribution in [0.5, 0.6) is 0 Å². The standard InChI is InChI=1S/C20H31NO2/c1-15(22)13-20(2,3)14-21-19(23)18-11-9-17(10-12-18)16-7-5-4-6-8-16/h4-8,15,17-18,22H,9-14H2,1-3H3,(H,21,23). The molecule has 2 N–H and O–H groups in total. The predicted octanol–water partition coefficient (Wildman–Crippen LogP) is 3.87. The first-order valence-corrected chi connectivity index (χ1v) is 8.88. The van der Waals surface area contributed by atoms with Crippen LogP contribution >= 0.6 is 0 Å². The number of carbonyl (C=O) groups excluding carboxylic acids is 1. The van der Waals surface area contributed by atoms with Crippen molar-refractivity contribution < 1.29 is 9.90 Å². The minimum absolute atomic E-state index is 0.0644. The second-order valence-corrected chi connectivity index (χ2v) is 7.89. The number of aliphatic hydroxyl groups is 1. The quantitative estimate of drug-likeness (QED) is 0.836. The lowest BCUT2D eigenvalue weighted by atomic mass is 9.78. The number of amides is 1. The minimum Gasteiger partial charge on any atom is -0.393 e. The molecule has 128 valence electrons. The Morgan fingerprint density at radius 1 is 1.22 bits per heavy atom. The molecule has 0 bridgehead atoms. The molecule has 1 amide bonds. The molecule has 1 aromatic rings. The molecule has 1 atom stereocenters. The predicted molar refractivity (Wildman–Crippen MR) is 94.2 cm³/mol. The number of benzene rings is 1. The fourth-order valence-electron chi connectivity index (χ4n) is 3.76. The number of nitrogens with one attached hydrogen (secondary N) is 1. The van der Waals surface area contributed by atoms with E-state index in [1.807, 2.05) is 0 Å². The molecule has 0 aliphatic heterocycles. The summed E-state index contributed by atoms with van der Waals surface area (Å²) in [5.74, 6) is 0.944. The van der Waals surface area contributed by atoms with Gasteiger partial charge in [-0.25, -0.2) is 0 Å². The van der Waals surface area contributed by atoms with Crippen LogP contribution in [0.15, 0.2) is 30.3 Å². The Labute approximate surface area is 140 Å². The highest BCUT2D eigenvalue weighted by Crippen LogP contribution is 2.35. The summed E-state index contributed by atoms with van der Waals surface area (Å²) in [6.07, 6.45) is 4.51. The maximum atomic E-state index is 12.4. The average molecular weight is 317 g/mol. The Bertz CT molecular complexity index is 488. The number of hydrogen-bond donors (Lipinski definition) is 2. The summed E-state index contributed by atoms with van der Waals surface area (Å²) in [5, 5.41) is 12.6. The van der Waals surface area contributed by atoms with Crippen LogP contribution in [0.4, 0.5) is 0 Å². The van der Waals surface area contributed by atoms with Crippen LogP contribution in [-0.4, -0.2) is 23.7 Å². The lowest BCUT2D eigenvalue weighted by molar-refractivity contribution is -0.126. The van der Waals surface area contributed by atoms with Gasteiger partial charge in [-0.05, 0) is 55.9 Å². The maximum absolute atomic E-state index is 12.4. The van der Waals surface area contributed by atoms with Crippen molar-refractivity contribution in [2.75, 3.05) is 6.54 Å². The first-order chi connectivity index (χ1) is 10.9. The molecule has 3 nitrogen and oxygen atoms in total. The fourth-order valence-corrected chi connectivity index (χ4v) is 3.76. The third-order valence-corrected chi connectivity index (χ3v) is 4.96. The highest BCUT2D eigenvalue weighted by atomic mass is 16.3. The molecular weight excluding hydrogens is 286 g/mol. The zero-order valence-corrected chi connectivity index (χ0v) is 14.7. The van der Waals surface area contributed by atoms with Gasteiger partial charge in [0.1, 0.15) is 0 Å². The van der Waals surface area contributed by atoms with Gasteiger partial charge in [0.2, 0.25) is 5.91 Å². The van der Waals surface area contributed by atoms with Crippen molar-refractivity contribution >= 4 is 5.91 Å². The molecule has 1 saturated carbocycles. The Morgan fingerprint density at radius 3 is 2.39 bits per heavy atom. The van der Waals surface area contributed by atoms with E-state index in [0.717, 1.165) is 25.7 Å². The Kier molecular flexibility index (Phi) is 6.23. The van der Waals surface area contributed by atoms with Gasteiger partial charge in [0.15, 0.2) is 0 Å². The van der Waals surface area contributed by atoms with Gasteiger partial charge in [-0.3, -0.25) is 4.79 Å². The van der Waals surface area contributed by atoms with Crippen molar-refractivity contribution in [3.63, 3.8) is 0 Å². The van der Waals surface area contributed by atoms with Crippen LogP contribution in [0.2, 0.25) is 0 Å². The highest BCUT2D eigenvalue weighted by Gasteiger charge is 2.28. The summed E-state index contributed by atoms with van der Waals surface area (Å²) in [4.78, 5) is 12.4. The second kappa shape index (κ2) is 7.96. The third kappa shape index (κ3) is 5.65. The summed E-state index contributed by atoms with van der Waals surface area (Å²) in [6.45, 7) is 6.61. The van der Waals surface area contributed by atoms with Crippen molar-refractivity contribution in [2.45, 2.75) is 64.9 Å². The minimum atomic E-state index is -0.330. The fraction of sp³-hybridized carbons (Fsp3) is 0.650. The van der Waals surface area contributed by atoms with Gasteiger partial charge in [0.05, 0.1) is 6.10 Å². The molecule has 2 rings (SSSR count). The van der Waals surface area contributed by atoms with Gasteiger partial charge < -0.3 is 10.4 Å². The number of carbonyl (C=O) groups is 1.